The highest BCUT2D eigenvalue weighted by Crippen LogP contribution is 2.31. The Labute approximate surface area is 120 Å². The minimum absolute atomic E-state index is 0.143. The maximum atomic E-state index is 9.54. The number of thiophene rings is 1. The number of nitrogens with zero attached hydrogens (tertiary/aromatic N) is 2. The van der Waals surface area contributed by atoms with E-state index in [9.17, 15) is 5.11 Å². The molecular formula is C13H16ClN3OS. The Kier molecular flexibility index (Phi) is 3.60. The lowest BCUT2D eigenvalue weighted by molar-refractivity contribution is 0.126. The fourth-order valence-electron chi connectivity index (χ4n) is 2.54. The van der Waals surface area contributed by atoms with Gasteiger partial charge < -0.3 is 10.4 Å². The predicted octanol–water partition coefficient (Wildman–Crippen LogP) is 3.37. The van der Waals surface area contributed by atoms with Gasteiger partial charge in [-0.3, -0.25) is 0 Å². The molecule has 1 saturated carbocycles. The summed E-state index contributed by atoms with van der Waals surface area (Å²) in [6, 6.07) is 2.45. The van der Waals surface area contributed by atoms with Crippen molar-refractivity contribution in [2.75, 3.05) is 5.32 Å². The van der Waals surface area contributed by atoms with Gasteiger partial charge in [0.1, 0.15) is 10.6 Å². The summed E-state index contributed by atoms with van der Waals surface area (Å²) >= 11 is 7.61. The van der Waals surface area contributed by atoms with E-state index in [2.05, 4.69) is 28.3 Å². The van der Waals surface area contributed by atoms with Crippen LogP contribution in [0.1, 0.15) is 30.6 Å². The van der Waals surface area contributed by atoms with Crippen LogP contribution in [0.25, 0.3) is 10.2 Å². The summed E-state index contributed by atoms with van der Waals surface area (Å²) in [5, 5.41) is 14.3. The SMILES string of the molecule is Cc1cc2c(NC3CCC(O)CC3)nc(Cl)nc2s1. The molecule has 0 spiro atoms. The maximum absolute atomic E-state index is 9.54. The van der Waals surface area contributed by atoms with Gasteiger partial charge in [-0.1, -0.05) is 0 Å². The number of hydrogen-bond acceptors (Lipinski definition) is 5. The average molecular weight is 298 g/mol. The molecule has 19 heavy (non-hydrogen) atoms. The molecule has 4 nitrogen and oxygen atoms in total. The monoisotopic (exact) mass is 297 g/mol. The zero-order valence-electron chi connectivity index (χ0n) is 10.7. The molecule has 0 bridgehead atoms. The van der Waals surface area contributed by atoms with E-state index in [4.69, 9.17) is 11.6 Å². The number of aliphatic hydroxyl groups is 1. The number of hydrogen-bond donors (Lipinski definition) is 2. The van der Waals surface area contributed by atoms with Gasteiger partial charge >= 0.3 is 0 Å². The van der Waals surface area contributed by atoms with Crippen molar-refractivity contribution in [1.29, 1.82) is 0 Å². The van der Waals surface area contributed by atoms with Crippen LogP contribution in [0.15, 0.2) is 6.07 Å². The zero-order valence-corrected chi connectivity index (χ0v) is 12.3. The molecule has 1 aliphatic rings. The molecule has 2 aromatic rings. The van der Waals surface area contributed by atoms with Crippen molar-refractivity contribution >= 4 is 39.0 Å². The second-order valence-corrected chi connectivity index (χ2v) is 6.64. The molecule has 3 rings (SSSR count). The number of fused-ring (bicyclic) bond motifs is 1. The molecule has 0 aromatic carbocycles. The Balaban J connectivity index is 1.87. The predicted molar refractivity (Wildman–Crippen MR) is 79.0 cm³/mol. The summed E-state index contributed by atoms with van der Waals surface area (Å²) in [5.74, 6) is 0.820. The summed E-state index contributed by atoms with van der Waals surface area (Å²) in [4.78, 5) is 10.7. The largest absolute Gasteiger partial charge is 0.393 e. The molecule has 0 unspecified atom stereocenters. The Morgan fingerprint density at radius 1 is 1.32 bits per heavy atom. The van der Waals surface area contributed by atoms with E-state index in [0.29, 0.717) is 6.04 Å². The number of nitrogens with one attached hydrogen (secondary N) is 1. The lowest BCUT2D eigenvalue weighted by atomic mass is 9.93. The summed E-state index contributed by atoms with van der Waals surface area (Å²) in [5.41, 5.74) is 0. The summed E-state index contributed by atoms with van der Waals surface area (Å²) in [6.45, 7) is 2.06. The van der Waals surface area contributed by atoms with Crippen molar-refractivity contribution in [2.45, 2.75) is 44.8 Å². The number of aliphatic hydroxyl groups excluding tert-OH is 1. The Morgan fingerprint density at radius 3 is 2.79 bits per heavy atom. The van der Waals surface area contributed by atoms with E-state index >= 15 is 0 Å². The highest BCUT2D eigenvalue weighted by Gasteiger charge is 2.20. The minimum Gasteiger partial charge on any atom is -0.393 e. The number of halogens is 1. The smallest absolute Gasteiger partial charge is 0.225 e. The number of aromatic nitrogens is 2. The third kappa shape index (κ3) is 2.83. The van der Waals surface area contributed by atoms with Crippen molar-refractivity contribution in [2.24, 2.45) is 0 Å². The third-order valence-electron chi connectivity index (χ3n) is 3.53. The van der Waals surface area contributed by atoms with Crippen LogP contribution in [0, 0.1) is 6.92 Å². The minimum atomic E-state index is -0.143. The van der Waals surface area contributed by atoms with Gasteiger partial charge in [0.25, 0.3) is 0 Å². The fourth-order valence-corrected chi connectivity index (χ4v) is 3.64. The first kappa shape index (κ1) is 13.1. The normalized spacial score (nSPS) is 23.7. The molecule has 2 N–H and O–H groups in total. The van der Waals surface area contributed by atoms with Crippen LogP contribution in [-0.2, 0) is 0 Å². The van der Waals surface area contributed by atoms with Gasteiger partial charge in [0.05, 0.1) is 11.5 Å². The topological polar surface area (TPSA) is 58.0 Å². The molecule has 102 valence electrons. The van der Waals surface area contributed by atoms with Crippen LogP contribution in [0.4, 0.5) is 5.82 Å². The molecule has 0 atom stereocenters. The van der Waals surface area contributed by atoms with Crippen LogP contribution in [-0.4, -0.2) is 27.2 Å². The van der Waals surface area contributed by atoms with Gasteiger partial charge in [0.2, 0.25) is 5.28 Å². The van der Waals surface area contributed by atoms with E-state index in [0.717, 1.165) is 41.7 Å². The number of anilines is 1. The van der Waals surface area contributed by atoms with Gasteiger partial charge in [-0.15, -0.1) is 11.3 Å². The Bertz CT molecular complexity index is 593. The summed E-state index contributed by atoms with van der Waals surface area (Å²) in [6.07, 6.45) is 3.49. The second kappa shape index (κ2) is 5.23. The van der Waals surface area contributed by atoms with Crippen LogP contribution in [0.3, 0.4) is 0 Å². The van der Waals surface area contributed by atoms with E-state index in [1.54, 1.807) is 11.3 Å². The van der Waals surface area contributed by atoms with E-state index in [-0.39, 0.29) is 11.4 Å². The fraction of sp³-hybridized carbons (Fsp3) is 0.538. The van der Waals surface area contributed by atoms with Crippen molar-refractivity contribution in [1.82, 2.24) is 9.97 Å². The molecule has 0 saturated heterocycles. The van der Waals surface area contributed by atoms with Crippen LogP contribution in [0.5, 0.6) is 0 Å². The maximum Gasteiger partial charge on any atom is 0.225 e. The van der Waals surface area contributed by atoms with Crippen molar-refractivity contribution in [3.05, 3.63) is 16.2 Å². The summed E-state index contributed by atoms with van der Waals surface area (Å²) < 4.78 is 0. The van der Waals surface area contributed by atoms with Gasteiger partial charge in [-0.05, 0) is 50.3 Å². The molecule has 1 fully saturated rings. The van der Waals surface area contributed by atoms with Crippen molar-refractivity contribution in [3.63, 3.8) is 0 Å². The molecule has 2 heterocycles. The molecular weight excluding hydrogens is 282 g/mol. The van der Waals surface area contributed by atoms with Gasteiger partial charge in [0.15, 0.2) is 0 Å². The van der Waals surface area contributed by atoms with E-state index in [1.807, 2.05) is 0 Å². The first-order valence-corrected chi connectivity index (χ1v) is 7.69. The third-order valence-corrected chi connectivity index (χ3v) is 4.64. The highest BCUT2D eigenvalue weighted by molar-refractivity contribution is 7.18. The quantitative estimate of drug-likeness (QED) is 0.835. The molecule has 1 aliphatic carbocycles. The summed E-state index contributed by atoms with van der Waals surface area (Å²) in [7, 11) is 0. The Hall–Kier alpha value is -0.910. The van der Waals surface area contributed by atoms with Crippen molar-refractivity contribution in [3.8, 4) is 0 Å². The highest BCUT2D eigenvalue weighted by atomic mass is 35.5. The molecule has 2 aromatic heterocycles. The second-order valence-electron chi connectivity index (χ2n) is 5.07. The molecule has 0 radical (unpaired) electrons. The van der Waals surface area contributed by atoms with Crippen molar-refractivity contribution < 1.29 is 5.11 Å². The molecule has 0 amide bonds. The van der Waals surface area contributed by atoms with Crippen LogP contribution >= 0.6 is 22.9 Å². The standard InChI is InChI=1S/C13H16ClN3OS/c1-7-6-10-11(16-13(14)17-12(10)19-7)15-8-2-4-9(18)5-3-8/h6,8-9,18H,2-5H2,1H3,(H,15,16,17). The molecule has 0 aliphatic heterocycles. The number of aryl methyl sites for hydroxylation is 1. The average Bonchev–Trinajstić information content (AvgIpc) is 2.72. The van der Waals surface area contributed by atoms with Gasteiger partial charge in [-0.2, -0.15) is 0 Å². The number of rotatable bonds is 2. The van der Waals surface area contributed by atoms with Gasteiger partial charge in [0, 0.05) is 10.9 Å². The van der Waals surface area contributed by atoms with Crippen LogP contribution in [0.2, 0.25) is 5.28 Å². The van der Waals surface area contributed by atoms with Crippen LogP contribution < -0.4 is 5.32 Å². The lowest BCUT2D eigenvalue weighted by Crippen LogP contribution is -2.28. The van der Waals surface area contributed by atoms with Gasteiger partial charge in [-0.25, -0.2) is 9.97 Å². The van der Waals surface area contributed by atoms with E-state index in [1.165, 1.54) is 4.88 Å². The Morgan fingerprint density at radius 2 is 2.05 bits per heavy atom. The van der Waals surface area contributed by atoms with E-state index < -0.39 is 0 Å². The first-order chi connectivity index (χ1) is 9.11. The lowest BCUT2D eigenvalue weighted by Gasteiger charge is -2.26. The zero-order chi connectivity index (χ0) is 13.4. The first-order valence-electron chi connectivity index (χ1n) is 6.50. The molecule has 6 heteroatoms.